The molecule has 0 aliphatic heterocycles. The molecule has 1 heterocycles. The quantitative estimate of drug-likeness (QED) is 0.614. The number of hydrogen-bond donors (Lipinski definition) is 0. The fourth-order valence-corrected chi connectivity index (χ4v) is 4.27. The van der Waals surface area contributed by atoms with Crippen molar-refractivity contribution in [1.82, 2.24) is 4.57 Å². The monoisotopic (exact) mass is 345 g/mol. The van der Waals surface area contributed by atoms with E-state index in [4.69, 9.17) is 4.74 Å². The van der Waals surface area contributed by atoms with Gasteiger partial charge in [-0.25, -0.2) is 4.79 Å². The lowest BCUT2D eigenvalue weighted by molar-refractivity contribution is -0.136. The van der Waals surface area contributed by atoms with Gasteiger partial charge in [-0.3, -0.25) is 0 Å². The lowest BCUT2D eigenvalue weighted by Crippen LogP contribution is -2.18. The Hall–Kier alpha value is -2.81. The van der Waals surface area contributed by atoms with Gasteiger partial charge in [0, 0.05) is 35.1 Å². The molecule has 0 fully saturated rings. The molecule has 0 saturated heterocycles. The van der Waals surface area contributed by atoms with E-state index in [1.54, 1.807) is 0 Å². The first kappa shape index (κ1) is 16.6. The van der Waals surface area contributed by atoms with Crippen LogP contribution in [0.2, 0.25) is 0 Å². The smallest absolute Gasteiger partial charge is 0.334 e. The van der Waals surface area contributed by atoms with E-state index in [1.165, 1.54) is 34.7 Å². The van der Waals surface area contributed by atoms with E-state index in [1.807, 2.05) is 6.92 Å². The Bertz CT molecular complexity index is 1040. The Balaban J connectivity index is 2.04. The lowest BCUT2D eigenvalue weighted by Gasteiger charge is -2.27. The standard InChI is InChI=1S/C23H23NO2/c1-14-9-11-16(12-10-14)19-13-18(23(25)26-4)15(2)22-21(19)17-7-5-6-8-20(17)24(22)3/h5-12,19H,13H2,1-4H3. The van der Waals surface area contributed by atoms with Crippen LogP contribution in [-0.2, 0) is 16.6 Å². The van der Waals surface area contributed by atoms with Crippen LogP contribution in [0.3, 0.4) is 0 Å². The molecule has 3 nitrogen and oxygen atoms in total. The second-order valence-corrected chi connectivity index (χ2v) is 7.10. The normalized spacial score (nSPS) is 16.7. The van der Waals surface area contributed by atoms with Crippen molar-refractivity contribution in [3.05, 3.63) is 76.5 Å². The van der Waals surface area contributed by atoms with E-state index in [0.29, 0.717) is 6.42 Å². The summed E-state index contributed by atoms with van der Waals surface area (Å²) in [5, 5.41) is 1.26. The van der Waals surface area contributed by atoms with Crippen LogP contribution < -0.4 is 0 Å². The summed E-state index contributed by atoms with van der Waals surface area (Å²) in [6, 6.07) is 17.1. The highest BCUT2D eigenvalue weighted by Gasteiger charge is 2.33. The topological polar surface area (TPSA) is 31.2 Å². The molecular weight excluding hydrogens is 322 g/mol. The number of fused-ring (bicyclic) bond motifs is 3. The fourth-order valence-electron chi connectivity index (χ4n) is 4.27. The van der Waals surface area contributed by atoms with Crippen LogP contribution in [0.25, 0.3) is 16.5 Å². The van der Waals surface area contributed by atoms with Gasteiger partial charge in [0.2, 0.25) is 0 Å². The third-order valence-corrected chi connectivity index (χ3v) is 5.62. The van der Waals surface area contributed by atoms with Gasteiger partial charge < -0.3 is 9.30 Å². The maximum Gasteiger partial charge on any atom is 0.334 e. The van der Waals surface area contributed by atoms with E-state index in [-0.39, 0.29) is 11.9 Å². The highest BCUT2D eigenvalue weighted by molar-refractivity contribution is 6.02. The van der Waals surface area contributed by atoms with E-state index in [0.717, 1.165) is 16.8 Å². The molecule has 0 amide bonds. The second-order valence-electron chi connectivity index (χ2n) is 7.10. The number of ether oxygens (including phenoxy) is 1. The van der Waals surface area contributed by atoms with Gasteiger partial charge in [0.1, 0.15) is 0 Å². The zero-order chi connectivity index (χ0) is 18.4. The summed E-state index contributed by atoms with van der Waals surface area (Å²) in [4.78, 5) is 12.5. The van der Waals surface area contributed by atoms with Gasteiger partial charge in [0.15, 0.2) is 0 Å². The highest BCUT2D eigenvalue weighted by Crippen LogP contribution is 2.46. The Morgan fingerprint density at radius 1 is 1.08 bits per heavy atom. The molecule has 1 aromatic heterocycles. The molecule has 1 atom stereocenters. The number of allylic oxidation sites excluding steroid dienone is 1. The number of rotatable bonds is 2. The molecular formula is C23H23NO2. The van der Waals surface area contributed by atoms with Crippen molar-refractivity contribution in [3.63, 3.8) is 0 Å². The zero-order valence-corrected chi connectivity index (χ0v) is 15.7. The predicted molar refractivity (Wildman–Crippen MR) is 105 cm³/mol. The number of hydrogen-bond acceptors (Lipinski definition) is 2. The number of aryl methyl sites for hydroxylation is 2. The maximum atomic E-state index is 12.5. The maximum absolute atomic E-state index is 12.5. The molecule has 2 aromatic carbocycles. The third-order valence-electron chi connectivity index (χ3n) is 5.62. The summed E-state index contributed by atoms with van der Waals surface area (Å²) in [6.45, 7) is 4.13. The average molecular weight is 345 g/mol. The minimum atomic E-state index is -0.226. The predicted octanol–water partition coefficient (Wildman–Crippen LogP) is 4.97. The molecule has 0 bridgehead atoms. The molecule has 132 valence electrons. The summed E-state index contributed by atoms with van der Waals surface area (Å²) < 4.78 is 7.30. The Kier molecular flexibility index (Phi) is 3.95. The number of carbonyl (C=O) groups is 1. The lowest BCUT2D eigenvalue weighted by atomic mass is 9.77. The van der Waals surface area contributed by atoms with Gasteiger partial charge in [0.05, 0.1) is 7.11 Å². The van der Waals surface area contributed by atoms with Crippen molar-refractivity contribution in [2.75, 3.05) is 7.11 Å². The van der Waals surface area contributed by atoms with Crippen LogP contribution in [0.4, 0.5) is 0 Å². The van der Waals surface area contributed by atoms with Crippen molar-refractivity contribution in [3.8, 4) is 0 Å². The van der Waals surface area contributed by atoms with Gasteiger partial charge in [0.25, 0.3) is 0 Å². The van der Waals surface area contributed by atoms with Gasteiger partial charge in [-0.1, -0.05) is 48.0 Å². The van der Waals surface area contributed by atoms with Crippen molar-refractivity contribution in [1.29, 1.82) is 0 Å². The molecule has 26 heavy (non-hydrogen) atoms. The van der Waals surface area contributed by atoms with Crippen LogP contribution in [0.1, 0.15) is 41.6 Å². The molecule has 0 spiro atoms. The third kappa shape index (κ3) is 2.38. The van der Waals surface area contributed by atoms with Crippen LogP contribution in [0.5, 0.6) is 0 Å². The fraction of sp³-hybridized carbons (Fsp3) is 0.261. The minimum absolute atomic E-state index is 0.148. The molecule has 1 unspecified atom stereocenters. The Labute approximate surface area is 153 Å². The molecule has 0 N–H and O–H groups in total. The van der Waals surface area contributed by atoms with Gasteiger partial charge in [-0.15, -0.1) is 0 Å². The van der Waals surface area contributed by atoms with E-state index >= 15 is 0 Å². The van der Waals surface area contributed by atoms with Crippen molar-refractivity contribution < 1.29 is 9.53 Å². The first-order valence-electron chi connectivity index (χ1n) is 8.95. The Morgan fingerprint density at radius 3 is 2.46 bits per heavy atom. The van der Waals surface area contributed by atoms with Gasteiger partial charge >= 0.3 is 5.97 Å². The number of nitrogens with zero attached hydrogens (tertiary/aromatic N) is 1. The zero-order valence-electron chi connectivity index (χ0n) is 15.7. The largest absolute Gasteiger partial charge is 0.466 e. The van der Waals surface area contributed by atoms with Crippen LogP contribution >= 0.6 is 0 Å². The average Bonchev–Trinajstić information content (AvgIpc) is 2.96. The van der Waals surface area contributed by atoms with E-state index in [9.17, 15) is 4.79 Å². The summed E-state index contributed by atoms with van der Waals surface area (Å²) in [6.07, 6.45) is 0.669. The molecule has 4 rings (SSSR count). The molecule has 0 saturated carbocycles. The Morgan fingerprint density at radius 2 is 1.77 bits per heavy atom. The van der Waals surface area contributed by atoms with Crippen molar-refractivity contribution in [2.45, 2.75) is 26.2 Å². The number of methoxy groups -OCH3 is 1. The highest BCUT2D eigenvalue weighted by atomic mass is 16.5. The minimum Gasteiger partial charge on any atom is -0.466 e. The van der Waals surface area contributed by atoms with Crippen LogP contribution in [-0.4, -0.2) is 17.6 Å². The summed E-state index contributed by atoms with van der Waals surface area (Å²) in [5.41, 5.74) is 7.93. The number of carbonyl (C=O) groups excluding carboxylic acids is 1. The second kappa shape index (κ2) is 6.17. The molecule has 3 heteroatoms. The summed E-state index contributed by atoms with van der Waals surface area (Å²) in [5.74, 6) is -0.0787. The van der Waals surface area contributed by atoms with E-state index in [2.05, 4.69) is 67.1 Å². The van der Waals surface area contributed by atoms with Gasteiger partial charge in [-0.05, 0) is 43.0 Å². The molecule has 0 radical (unpaired) electrons. The molecule has 1 aliphatic carbocycles. The first-order valence-corrected chi connectivity index (χ1v) is 8.95. The number of aromatic nitrogens is 1. The first-order chi connectivity index (χ1) is 12.5. The summed E-state index contributed by atoms with van der Waals surface area (Å²) in [7, 11) is 3.54. The molecule has 1 aliphatic rings. The van der Waals surface area contributed by atoms with Crippen molar-refractivity contribution >= 4 is 22.4 Å². The SMILES string of the molecule is COC(=O)C1=C(C)c2c(c3ccccc3n2C)C(c2ccc(C)cc2)C1. The number of benzene rings is 2. The van der Waals surface area contributed by atoms with Crippen LogP contribution in [0, 0.1) is 6.92 Å². The summed E-state index contributed by atoms with van der Waals surface area (Å²) >= 11 is 0. The van der Waals surface area contributed by atoms with Gasteiger partial charge in [-0.2, -0.15) is 0 Å². The van der Waals surface area contributed by atoms with Crippen LogP contribution in [0.15, 0.2) is 54.1 Å². The van der Waals surface area contributed by atoms with Crippen molar-refractivity contribution in [2.24, 2.45) is 7.05 Å². The molecule has 3 aromatic rings. The number of esters is 1. The number of para-hydroxylation sites is 1. The van der Waals surface area contributed by atoms with E-state index < -0.39 is 0 Å².